The van der Waals surface area contributed by atoms with Crippen molar-refractivity contribution in [3.8, 4) is 5.75 Å². The highest BCUT2D eigenvalue weighted by molar-refractivity contribution is 6.31. The molecule has 0 bridgehead atoms. The molecular weight excluding hydrogens is 266 g/mol. The minimum atomic E-state index is -0.727. The molecule has 19 heavy (non-hydrogen) atoms. The van der Waals surface area contributed by atoms with Crippen molar-refractivity contribution >= 4 is 17.6 Å². The van der Waals surface area contributed by atoms with Crippen molar-refractivity contribution in [2.24, 2.45) is 5.41 Å². The van der Waals surface area contributed by atoms with E-state index in [0.717, 1.165) is 5.56 Å². The molecular formula is C14H18ClNO3. The second-order valence-electron chi connectivity index (χ2n) is 5.90. The van der Waals surface area contributed by atoms with Crippen LogP contribution in [0.15, 0.2) is 18.2 Å². The molecule has 0 atom stereocenters. The zero-order valence-corrected chi connectivity index (χ0v) is 12.0. The Hall–Kier alpha value is -1.26. The Morgan fingerprint density at radius 1 is 1.42 bits per heavy atom. The van der Waals surface area contributed by atoms with Crippen molar-refractivity contribution in [1.82, 2.24) is 5.32 Å². The van der Waals surface area contributed by atoms with E-state index in [1.165, 1.54) is 6.07 Å². The summed E-state index contributed by atoms with van der Waals surface area (Å²) in [4.78, 5) is 12.1. The molecule has 1 aromatic carbocycles. The van der Waals surface area contributed by atoms with Gasteiger partial charge in [-0.2, -0.15) is 0 Å². The third kappa shape index (κ3) is 2.69. The first kappa shape index (κ1) is 14.2. The van der Waals surface area contributed by atoms with Crippen LogP contribution in [-0.4, -0.2) is 24.2 Å². The molecule has 1 heterocycles. The molecule has 1 fully saturated rings. The molecule has 0 amide bonds. The van der Waals surface area contributed by atoms with Crippen LogP contribution < -0.4 is 5.32 Å². The van der Waals surface area contributed by atoms with Crippen LogP contribution >= 0.6 is 11.6 Å². The lowest BCUT2D eigenvalue weighted by atomic mass is 9.86. The lowest BCUT2D eigenvalue weighted by Gasteiger charge is -2.43. The van der Waals surface area contributed by atoms with Crippen LogP contribution in [0.2, 0.25) is 5.02 Å². The summed E-state index contributed by atoms with van der Waals surface area (Å²) < 4.78 is 5.68. The molecule has 0 spiro atoms. The van der Waals surface area contributed by atoms with Crippen molar-refractivity contribution < 1.29 is 14.6 Å². The molecule has 2 rings (SSSR count). The van der Waals surface area contributed by atoms with Gasteiger partial charge in [0.2, 0.25) is 0 Å². The maximum absolute atomic E-state index is 12.1. The minimum Gasteiger partial charge on any atom is -0.508 e. The van der Waals surface area contributed by atoms with Gasteiger partial charge in [-0.25, -0.2) is 0 Å². The number of ether oxygens (including phenoxy) is 1. The van der Waals surface area contributed by atoms with Gasteiger partial charge >= 0.3 is 5.97 Å². The minimum absolute atomic E-state index is 0.0957. The van der Waals surface area contributed by atoms with Gasteiger partial charge in [0.05, 0.1) is 10.4 Å². The van der Waals surface area contributed by atoms with Crippen LogP contribution in [0, 0.1) is 5.41 Å². The molecule has 0 aromatic heterocycles. The lowest BCUT2D eigenvalue weighted by molar-refractivity contribution is -0.177. The number of rotatable bonds is 2. The van der Waals surface area contributed by atoms with Gasteiger partial charge in [0, 0.05) is 18.7 Å². The number of phenolic OH excluding ortho intramolecular Hbond substituents is 1. The van der Waals surface area contributed by atoms with Gasteiger partial charge in [-0.05, 0) is 39.0 Å². The molecule has 0 radical (unpaired) electrons. The van der Waals surface area contributed by atoms with E-state index in [1.807, 2.05) is 20.8 Å². The van der Waals surface area contributed by atoms with Gasteiger partial charge in [-0.15, -0.1) is 0 Å². The fourth-order valence-corrected chi connectivity index (χ4v) is 2.22. The molecule has 1 saturated heterocycles. The van der Waals surface area contributed by atoms with E-state index >= 15 is 0 Å². The molecule has 5 heteroatoms. The van der Waals surface area contributed by atoms with Crippen molar-refractivity contribution in [3.63, 3.8) is 0 Å². The topological polar surface area (TPSA) is 58.6 Å². The maximum Gasteiger partial charge on any atom is 0.312 e. The first-order valence-electron chi connectivity index (χ1n) is 6.18. The quantitative estimate of drug-likeness (QED) is 0.819. The van der Waals surface area contributed by atoms with E-state index in [1.54, 1.807) is 12.1 Å². The summed E-state index contributed by atoms with van der Waals surface area (Å²) >= 11 is 6.15. The van der Waals surface area contributed by atoms with E-state index in [2.05, 4.69) is 5.32 Å². The monoisotopic (exact) mass is 283 g/mol. The Morgan fingerprint density at radius 3 is 2.47 bits per heavy atom. The average molecular weight is 284 g/mol. The molecule has 1 aliphatic rings. The van der Waals surface area contributed by atoms with Crippen molar-refractivity contribution in [2.45, 2.75) is 26.4 Å². The van der Waals surface area contributed by atoms with Gasteiger partial charge in [0.1, 0.15) is 5.75 Å². The number of carbonyl (C=O) groups is 1. The second kappa shape index (κ2) is 4.69. The summed E-state index contributed by atoms with van der Waals surface area (Å²) in [6.45, 7) is 6.49. The second-order valence-corrected chi connectivity index (χ2v) is 6.31. The Bertz CT molecular complexity index is 504. The van der Waals surface area contributed by atoms with E-state index in [-0.39, 0.29) is 11.7 Å². The van der Waals surface area contributed by atoms with Crippen molar-refractivity contribution in [3.05, 3.63) is 28.8 Å². The molecule has 2 N–H and O–H groups in total. The molecule has 1 aromatic rings. The van der Waals surface area contributed by atoms with Crippen LogP contribution in [0.1, 0.15) is 26.3 Å². The summed E-state index contributed by atoms with van der Waals surface area (Å²) in [5.74, 6) is -0.170. The Morgan fingerprint density at radius 2 is 2.05 bits per heavy atom. The van der Waals surface area contributed by atoms with E-state index in [4.69, 9.17) is 16.3 Å². The van der Waals surface area contributed by atoms with Crippen LogP contribution in [0.4, 0.5) is 0 Å². The van der Waals surface area contributed by atoms with Crippen molar-refractivity contribution in [2.75, 3.05) is 13.1 Å². The zero-order chi connectivity index (χ0) is 14.3. The number of hydrogen-bond acceptors (Lipinski definition) is 4. The van der Waals surface area contributed by atoms with Crippen LogP contribution in [0.5, 0.6) is 5.75 Å². The Balaban J connectivity index is 2.30. The van der Waals surface area contributed by atoms with E-state index in [0.29, 0.717) is 18.1 Å². The zero-order valence-electron chi connectivity index (χ0n) is 11.3. The van der Waals surface area contributed by atoms with Crippen LogP contribution in [0.3, 0.4) is 0 Å². The van der Waals surface area contributed by atoms with Gasteiger partial charge < -0.3 is 15.2 Å². The SMILES string of the molecule is CC(C)(C)C(=O)OC1(c2ccc(O)cc2Cl)CNC1. The molecule has 104 valence electrons. The number of carbonyl (C=O) groups excluding carboxylic acids is 1. The standard InChI is InChI=1S/C14H18ClNO3/c1-13(2,3)12(18)19-14(7-16-8-14)10-5-4-9(17)6-11(10)15/h4-6,16-17H,7-8H2,1-3H3. The van der Waals surface area contributed by atoms with Gasteiger partial charge in [0.25, 0.3) is 0 Å². The lowest BCUT2D eigenvalue weighted by Crippen LogP contribution is -2.60. The highest BCUT2D eigenvalue weighted by Crippen LogP contribution is 2.38. The number of hydrogen-bond donors (Lipinski definition) is 2. The number of benzene rings is 1. The summed E-state index contributed by atoms with van der Waals surface area (Å²) in [7, 11) is 0. The number of phenols is 1. The average Bonchev–Trinajstić information content (AvgIpc) is 2.22. The molecule has 0 aliphatic carbocycles. The van der Waals surface area contributed by atoms with E-state index < -0.39 is 11.0 Å². The molecule has 0 saturated carbocycles. The fraction of sp³-hybridized carbons (Fsp3) is 0.500. The smallest absolute Gasteiger partial charge is 0.312 e. The van der Waals surface area contributed by atoms with Crippen molar-refractivity contribution in [1.29, 1.82) is 0 Å². The number of aromatic hydroxyl groups is 1. The van der Waals surface area contributed by atoms with Gasteiger partial charge in [0.15, 0.2) is 5.60 Å². The third-order valence-electron chi connectivity index (χ3n) is 3.17. The summed E-state index contributed by atoms with van der Waals surface area (Å²) in [5.41, 5.74) is -0.565. The predicted molar refractivity (Wildman–Crippen MR) is 73.2 cm³/mol. The molecule has 1 aliphatic heterocycles. The predicted octanol–water partition coefficient (Wildman–Crippen LogP) is 2.43. The summed E-state index contributed by atoms with van der Waals surface area (Å²) in [5, 5.41) is 12.9. The Kier molecular flexibility index (Phi) is 3.49. The Labute approximate surface area is 117 Å². The van der Waals surface area contributed by atoms with Gasteiger partial charge in [-0.3, -0.25) is 4.79 Å². The highest BCUT2D eigenvalue weighted by Gasteiger charge is 2.45. The normalized spacial score (nSPS) is 17.7. The third-order valence-corrected chi connectivity index (χ3v) is 3.48. The van der Waals surface area contributed by atoms with Crippen LogP contribution in [0.25, 0.3) is 0 Å². The number of nitrogens with one attached hydrogen (secondary N) is 1. The first-order chi connectivity index (χ1) is 8.74. The van der Waals surface area contributed by atoms with E-state index in [9.17, 15) is 9.90 Å². The fourth-order valence-electron chi connectivity index (χ4n) is 1.87. The van der Waals surface area contributed by atoms with Crippen LogP contribution in [-0.2, 0) is 15.1 Å². The summed E-state index contributed by atoms with van der Waals surface area (Å²) in [6, 6.07) is 4.71. The molecule has 4 nitrogen and oxygen atoms in total. The van der Waals surface area contributed by atoms with Gasteiger partial charge in [-0.1, -0.05) is 11.6 Å². The maximum atomic E-state index is 12.1. The number of esters is 1. The highest BCUT2D eigenvalue weighted by atomic mass is 35.5. The first-order valence-corrected chi connectivity index (χ1v) is 6.56. The molecule has 0 unspecified atom stereocenters. The number of halogens is 1. The summed E-state index contributed by atoms with van der Waals surface area (Å²) in [6.07, 6.45) is 0. The largest absolute Gasteiger partial charge is 0.508 e.